The lowest BCUT2D eigenvalue weighted by Crippen LogP contribution is -2.08. The Kier molecular flexibility index (Phi) is 1.88. The number of hydrogen-bond donors (Lipinski definition) is 0. The van der Waals surface area contributed by atoms with E-state index in [-0.39, 0.29) is 0 Å². The van der Waals surface area contributed by atoms with Crippen LogP contribution in [-0.4, -0.2) is 26.2 Å². The highest BCUT2D eigenvalue weighted by Gasteiger charge is 2.09. The lowest BCUT2D eigenvalue weighted by Gasteiger charge is -1.99. The van der Waals surface area contributed by atoms with Crippen molar-refractivity contribution in [2.75, 3.05) is 0 Å². The number of rotatable bonds is 2. The Morgan fingerprint density at radius 1 is 1.31 bits per heavy atom. The predicted octanol–water partition coefficient (Wildman–Crippen LogP) is 1.09. The molecular formula is C7H6F2N4. The van der Waals surface area contributed by atoms with Crippen LogP contribution in [0.2, 0.25) is 0 Å². The Morgan fingerprint density at radius 3 is 2.85 bits per heavy atom. The Hall–Kier alpha value is -1.59. The fourth-order valence-electron chi connectivity index (χ4n) is 1.07. The molecule has 0 aliphatic heterocycles. The third kappa shape index (κ3) is 1.47. The Labute approximate surface area is 72.2 Å². The zero-order valence-corrected chi connectivity index (χ0v) is 6.56. The minimum Gasteiger partial charge on any atom is -0.250 e. The number of nitrogens with zero attached hydrogens (tertiary/aromatic N) is 4. The van der Waals surface area contributed by atoms with Crippen molar-refractivity contribution < 1.29 is 8.78 Å². The summed E-state index contributed by atoms with van der Waals surface area (Å²) >= 11 is 0. The fourth-order valence-corrected chi connectivity index (χ4v) is 1.07. The van der Waals surface area contributed by atoms with Crippen molar-refractivity contribution in [1.82, 2.24) is 19.7 Å². The molecule has 0 fully saturated rings. The van der Waals surface area contributed by atoms with Gasteiger partial charge in [-0.3, -0.25) is 0 Å². The van der Waals surface area contributed by atoms with Crippen molar-refractivity contribution in [2.24, 2.45) is 0 Å². The van der Waals surface area contributed by atoms with Crippen LogP contribution < -0.4 is 0 Å². The fraction of sp³-hybridized carbons (Fsp3) is 0.286. The molecule has 68 valence electrons. The zero-order valence-electron chi connectivity index (χ0n) is 6.56. The quantitative estimate of drug-likeness (QED) is 0.701. The van der Waals surface area contributed by atoms with Crippen LogP contribution in [0.15, 0.2) is 18.6 Å². The van der Waals surface area contributed by atoms with E-state index < -0.39 is 13.0 Å². The van der Waals surface area contributed by atoms with Gasteiger partial charge in [0.25, 0.3) is 6.43 Å². The summed E-state index contributed by atoms with van der Waals surface area (Å²) in [6.07, 6.45) is 1.94. The van der Waals surface area contributed by atoms with E-state index in [0.29, 0.717) is 11.2 Å². The van der Waals surface area contributed by atoms with Crippen LogP contribution in [0.4, 0.5) is 8.78 Å². The normalized spacial score (nSPS) is 11.3. The van der Waals surface area contributed by atoms with Gasteiger partial charge in [-0.15, -0.1) is 0 Å². The van der Waals surface area contributed by atoms with Crippen LogP contribution in [0.1, 0.15) is 0 Å². The number of alkyl halides is 2. The summed E-state index contributed by atoms with van der Waals surface area (Å²) in [6.45, 7) is -0.442. The van der Waals surface area contributed by atoms with E-state index in [0.717, 1.165) is 4.68 Å². The van der Waals surface area contributed by atoms with Gasteiger partial charge in [0, 0.05) is 12.4 Å². The van der Waals surface area contributed by atoms with Gasteiger partial charge in [0.1, 0.15) is 12.1 Å². The van der Waals surface area contributed by atoms with Crippen molar-refractivity contribution >= 4 is 11.2 Å². The first-order valence-electron chi connectivity index (χ1n) is 3.68. The Bertz CT molecular complexity index is 412. The molecule has 0 aliphatic rings. The standard InChI is InChI=1S/C7H6F2N4/c8-6(9)4-13-7-5(3-12-13)10-1-2-11-7/h1-3,6H,4H2. The second-order valence-corrected chi connectivity index (χ2v) is 2.48. The summed E-state index contributed by atoms with van der Waals surface area (Å²) in [5.41, 5.74) is 0.922. The second-order valence-electron chi connectivity index (χ2n) is 2.48. The molecule has 0 bridgehead atoms. The smallest absolute Gasteiger partial charge is 0.250 e. The third-order valence-electron chi connectivity index (χ3n) is 1.58. The van der Waals surface area contributed by atoms with Gasteiger partial charge in [-0.1, -0.05) is 0 Å². The largest absolute Gasteiger partial charge is 0.258 e. The summed E-state index contributed by atoms with van der Waals surface area (Å²) in [5.74, 6) is 0. The first kappa shape index (κ1) is 8.03. The highest BCUT2D eigenvalue weighted by Crippen LogP contribution is 2.08. The van der Waals surface area contributed by atoms with Gasteiger partial charge in [0.15, 0.2) is 5.65 Å². The van der Waals surface area contributed by atoms with Crippen molar-refractivity contribution in [3.63, 3.8) is 0 Å². The van der Waals surface area contributed by atoms with Gasteiger partial charge in [-0.05, 0) is 0 Å². The molecule has 0 amide bonds. The van der Waals surface area contributed by atoms with E-state index in [1.54, 1.807) is 0 Å². The van der Waals surface area contributed by atoms with E-state index in [1.165, 1.54) is 18.6 Å². The maximum atomic E-state index is 12.0. The maximum Gasteiger partial charge on any atom is 0.258 e. The monoisotopic (exact) mass is 184 g/mol. The molecule has 0 aliphatic carbocycles. The molecule has 4 nitrogen and oxygen atoms in total. The molecule has 0 aromatic carbocycles. The summed E-state index contributed by atoms with van der Waals surface area (Å²) in [6, 6.07) is 0. The van der Waals surface area contributed by atoms with Gasteiger partial charge < -0.3 is 0 Å². The molecule has 13 heavy (non-hydrogen) atoms. The van der Waals surface area contributed by atoms with E-state index in [2.05, 4.69) is 15.1 Å². The molecule has 0 saturated carbocycles. The van der Waals surface area contributed by atoms with Crippen molar-refractivity contribution in [2.45, 2.75) is 13.0 Å². The molecular weight excluding hydrogens is 178 g/mol. The van der Waals surface area contributed by atoms with Crippen molar-refractivity contribution in [1.29, 1.82) is 0 Å². The van der Waals surface area contributed by atoms with Crippen LogP contribution in [0.25, 0.3) is 11.2 Å². The lowest BCUT2D eigenvalue weighted by molar-refractivity contribution is 0.123. The highest BCUT2D eigenvalue weighted by molar-refractivity contribution is 5.68. The second kappa shape index (κ2) is 3.04. The van der Waals surface area contributed by atoms with Gasteiger partial charge in [-0.2, -0.15) is 5.10 Å². The lowest BCUT2D eigenvalue weighted by atomic mass is 10.5. The summed E-state index contributed by atoms with van der Waals surface area (Å²) < 4.78 is 25.2. The van der Waals surface area contributed by atoms with Gasteiger partial charge in [0.2, 0.25) is 0 Å². The molecule has 6 heteroatoms. The summed E-state index contributed by atoms with van der Waals surface area (Å²) in [7, 11) is 0. The molecule has 0 N–H and O–H groups in total. The first-order chi connectivity index (χ1) is 6.27. The van der Waals surface area contributed by atoms with Crippen LogP contribution in [0, 0.1) is 0 Å². The molecule has 2 heterocycles. The van der Waals surface area contributed by atoms with Crippen LogP contribution in [-0.2, 0) is 6.54 Å². The number of hydrogen-bond acceptors (Lipinski definition) is 3. The number of aromatic nitrogens is 4. The molecule has 0 radical (unpaired) electrons. The summed E-state index contributed by atoms with van der Waals surface area (Å²) in [4.78, 5) is 7.82. The van der Waals surface area contributed by atoms with E-state index in [9.17, 15) is 8.78 Å². The van der Waals surface area contributed by atoms with Crippen LogP contribution >= 0.6 is 0 Å². The van der Waals surface area contributed by atoms with Gasteiger partial charge in [0.05, 0.1) is 6.20 Å². The first-order valence-corrected chi connectivity index (χ1v) is 3.68. The topological polar surface area (TPSA) is 43.6 Å². The van der Waals surface area contributed by atoms with Gasteiger partial charge >= 0.3 is 0 Å². The Morgan fingerprint density at radius 2 is 2.08 bits per heavy atom. The molecule has 2 aromatic heterocycles. The molecule has 2 aromatic rings. The van der Waals surface area contributed by atoms with Crippen LogP contribution in [0.5, 0.6) is 0 Å². The SMILES string of the molecule is FC(F)Cn1ncc2nccnc21. The molecule has 2 rings (SSSR count). The van der Waals surface area contributed by atoms with E-state index in [1.807, 2.05) is 0 Å². The Balaban J connectivity index is 2.46. The average molecular weight is 184 g/mol. The molecule has 0 unspecified atom stereocenters. The minimum atomic E-state index is -2.43. The predicted molar refractivity (Wildman–Crippen MR) is 41.3 cm³/mol. The zero-order chi connectivity index (χ0) is 9.26. The third-order valence-corrected chi connectivity index (χ3v) is 1.58. The van der Waals surface area contributed by atoms with Crippen LogP contribution in [0.3, 0.4) is 0 Å². The molecule has 0 atom stereocenters. The van der Waals surface area contributed by atoms with E-state index >= 15 is 0 Å². The molecule has 0 spiro atoms. The van der Waals surface area contributed by atoms with Gasteiger partial charge in [-0.25, -0.2) is 23.4 Å². The molecule has 0 saturated heterocycles. The summed E-state index contributed by atoms with van der Waals surface area (Å²) in [5, 5.41) is 3.75. The maximum absolute atomic E-state index is 12.0. The highest BCUT2D eigenvalue weighted by atomic mass is 19.3. The van der Waals surface area contributed by atoms with E-state index in [4.69, 9.17) is 0 Å². The number of halogens is 2. The van der Waals surface area contributed by atoms with Crippen molar-refractivity contribution in [3.8, 4) is 0 Å². The van der Waals surface area contributed by atoms with Crippen molar-refractivity contribution in [3.05, 3.63) is 18.6 Å². The average Bonchev–Trinajstić information content (AvgIpc) is 2.48. The number of fused-ring (bicyclic) bond motifs is 1. The minimum absolute atomic E-state index is 0.391.